The van der Waals surface area contributed by atoms with E-state index >= 15 is 0 Å². The van der Waals surface area contributed by atoms with Crippen molar-refractivity contribution < 1.29 is 19.1 Å². The number of ether oxygens (including phenoxy) is 2. The number of thiophene rings is 1. The quantitative estimate of drug-likeness (QED) is 0.463. The van der Waals surface area contributed by atoms with Crippen LogP contribution in [0.15, 0.2) is 11.6 Å². The van der Waals surface area contributed by atoms with Crippen molar-refractivity contribution in [3.63, 3.8) is 0 Å². The Morgan fingerprint density at radius 2 is 2.00 bits per heavy atom. The predicted molar refractivity (Wildman–Crippen MR) is 135 cm³/mol. The van der Waals surface area contributed by atoms with E-state index in [0.717, 1.165) is 40.1 Å². The van der Waals surface area contributed by atoms with E-state index in [0.29, 0.717) is 6.42 Å². The molecular weight excluding hydrogens is 448 g/mol. The third kappa shape index (κ3) is 4.65. The summed E-state index contributed by atoms with van der Waals surface area (Å²) in [7, 11) is 0. The van der Waals surface area contributed by atoms with Crippen LogP contribution in [-0.4, -0.2) is 40.1 Å². The van der Waals surface area contributed by atoms with Gasteiger partial charge in [0, 0.05) is 21.5 Å². The largest absolute Gasteiger partial charge is 0.447 e. The van der Waals surface area contributed by atoms with Gasteiger partial charge in [0.25, 0.3) is 5.91 Å². The molecule has 0 spiro atoms. The zero-order valence-electron chi connectivity index (χ0n) is 21.4. The molecule has 184 valence electrons. The van der Waals surface area contributed by atoms with Gasteiger partial charge in [-0.1, -0.05) is 11.6 Å². The smallest absolute Gasteiger partial charge is 0.417 e. The molecule has 0 bridgehead atoms. The van der Waals surface area contributed by atoms with Crippen LogP contribution in [0.2, 0.25) is 0 Å². The van der Waals surface area contributed by atoms with E-state index in [1.54, 1.807) is 11.3 Å². The third-order valence-electron chi connectivity index (χ3n) is 6.80. The van der Waals surface area contributed by atoms with Crippen LogP contribution in [0, 0.1) is 13.8 Å². The normalized spacial score (nSPS) is 20.0. The molecule has 3 heterocycles. The van der Waals surface area contributed by atoms with E-state index < -0.39 is 17.8 Å². The molecule has 2 aromatic heterocycles. The maximum atomic E-state index is 14.0. The number of fused-ring (bicyclic) bond motifs is 3. The van der Waals surface area contributed by atoms with Gasteiger partial charge < -0.3 is 9.47 Å². The number of amides is 2. The zero-order chi connectivity index (χ0) is 24.8. The van der Waals surface area contributed by atoms with E-state index in [9.17, 15) is 9.59 Å². The molecule has 6 nitrogen and oxygen atoms in total. The number of aryl methyl sites for hydroxylation is 4. The Morgan fingerprint density at radius 3 is 2.68 bits per heavy atom. The second kappa shape index (κ2) is 9.42. The number of cyclic esters (lactones) is 1. The van der Waals surface area contributed by atoms with Gasteiger partial charge in [0.15, 0.2) is 6.10 Å². The average molecular weight is 485 g/mol. The molecule has 0 radical (unpaired) electrons. The first kappa shape index (κ1) is 24.9. The summed E-state index contributed by atoms with van der Waals surface area (Å²) in [6, 6.07) is -0.339. The van der Waals surface area contributed by atoms with E-state index in [4.69, 9.17) is 14.5 Å². The summed E-state index contributed by atoms with van der Waals surface area (Å²) >= 11 is 1.78. The summed E-state index contributed by atoms with van der Waals surface area (Å²) in [5.74, 6) is -0.372. The van der Waals surface area contributed by atoms with Crippen molar-refractivity contribution in [3.05, 3.63) is 38.9 Å². The number of carbonyl (C=O) groups excluding carboxylic acids is 2. The van der Waals surface area contributed by atoms with Gasteiger partial charge >= 0.3 is 6.09 Å². The van der Waals surface area contributed by atoms with Crippen LogP contribution in [0.3, 0.4) is 0 Å². The molecule has 34 heavy (non-hydrogen) atoms. The summed E-state index contributed by atoms with van der Waals surface area (Å²) in [5, 5.41) is 1.17. The second-order valence-corrected chi connectivity index (χ2v) is 11.6. The highest BCUT2D eigenvalue weighted by molar-refractivity contribution is 7.18. The standard InChI is InChI=1S/C27H36N2O4S/c1-8-15(2)13-18-14-32-26(31)29(18)25(30)23(33-27(5,6)7)21-16(3)22-19-11-9-10-12-20(19)34-24(22)28-17(21)4/h8,18,23H,9-14H2,1-7H3. The van der Waals surface area contributed by atoms with Crippen LogP contribution >= 0.6 is 11.3 Å². The number of nitrogens with zero attached hydrogens (tertiary/aromatic N) is 2. The van der Waals surface area contributed by atoms with E-state index in [2.05, 4.69) is 6.92 Å². The second-order valence-electron chi connectivity index (χ2n) is 10.5. The minimum absolute atomic E-state index is 0.200. The lowest BCUT2D eigenvalue weighted by Crippen LogP contribution is -2.44. The Kier molecular flexibility index (Phi) is 6.89. The molecule has 2 atom stereocenters. The number of pyridine rings is 1. The van der Waals surface area contributed by atoms with Crippen LogP contribution < -0.4 is 0 Å². The lowest BCUT2D eigenvalue weighted by atomic mass is 9.91. The van der Waals surface area contributed by atoms with Crippen molar-refractivity contribution in [2.45, 2.75) is 98.3 Å². The fraction of sp³-hybridized carbons (Fsp3) is 0.593. The molecular formula is C27H36N2O4S. The SMILES string of the molecule is CC=C(C)CC1COC(=O)N1C(=O)C(OC(C)(C)C)c1c(C)nc2sc3c(c2c1C)CCCC3. The van der Waals surface area contributed by atoms with Gasteiger partial charge in [0.1, 0.15) is 11.4 Å². The molecule has 2 aromatic rings. The van der Waals surface area contributed by atoms with Crippen molar-refractivity contribution in [2.75, 3.05) is 6.61 Å². The molecule has 7 heteroatoms. The first-order valence-corrected chi connectivity index (χ1v) is 13.0. The summed E-state index contributed by atoms with van der Waals surface area (Å²) in [6.45, 7) is 14.0. The monoisotopic (exact) mass is 484 g/mol. The van der Waals surface area contributed by atoms with Gasteiger partial charge in [-0.05, 0) is 91.7 Å². The first-order valence-electron chi connectivity index (χ1n) is 12.2. The highest BCUT2D eigenvalue weighted by Gasteiger charge is 2.44. The minimum Gasteiger partial charge on any atom is -0.447 e. The van der Waals surface area contributed by atoms with Crippen LogP contribution in [0.5, 0.6) is 0 Å². The predicted octanol–water partition coefficient (Wildman–Crippen LogP) is 6.35. The molecule has 0 aromatic carbocycles. The first-order chi connectivity index (χ1) is 16.0. The number of imide groups is 1. The van der Waals surface area contributed by atoms with E-state index in [-0.39, 0.29) is 18.6 Å². The minimum atomic E-state index is -0.935. The summed E-state index contributed by atoms with van der Waals surface area (Å²) in [4.78, 5) is 35.4. The Morgan fingerprint density at radius 1 is 1.29 bits per heavy atom. The van der Waals surface area contributed by atoms with Gasteiger partial charge in [-0.15, -0.1) is 11.3 Å². The molecule has 4 rings (SSSR count). The number of allylic oxidation sites excluding steroid dienone is 1. The van der Waals surface area contributed by atoms with Crippen molar-refractivity contribution >= 4 is 33.6 Å². The Bertz CT molecular complexity index is 1160. The molecule has 1 fully saturated rings. The Labute approximate surface area is 206 Å². The van der Waals surface area contributed by atoms with Gasteiger partial charge in [0.05, 0.1) is 11.6 Å². The third-order valence-corrected chi connectivity index (χ3v) is 7.98. The zero-order valence-corrected chi connectivity index (χ0v) is 22.2. The lowest BCUT2D eigenvalue weighted by molar-refractivity contribution is -0.152. The summed E-state index contributed by atoms with van der Waals surface area (Å²) < 4.78 is 11.7. The molecule has 1 aliphatic carbocycles. The number of rotatable bonds is 5. The molecule has 2 amide bonds. The van der Waals surface area contributed by atoms with E-state index in [1.165, 1.54) is 33.6 Å². The van der Waals surface area contributed by atoms with Crippen LogP contribution in [0.25, 0.3) is 10.2 Å². The average Bonchev–Trinajstić information content (AvgIpc) is 3.31. The van der Waals surface area contributed by atoms with Crippen LogP contribution in [-0.2, 0) is 27.1 Å². The van der Waals surface area contributed by atoms with Crippen LogP contribution in [0.4, 0.5) is 4.79 Å². The molecule has 0 N–H and O–H groups in total. The number of hydrogen-bond donors (Lipinski definition) is 0. The fourth-order valence-corrected chi connectivity index (χ4v) is 6.47. The van der Waals surface area contributed by atoms with Gasteiger partial charge in [0.2, 0.25) is 0 Å². The van der Waals surface area contributed by atoms with Crippen molar-refractivity contribution in [1.29, 1.82) is 0 Å². The molecule has 1 aliphatic heterocycles. The molecule has 0 saturated carbocycles. The highest BCUT2D eigenvalue weighted by Crippen LogP contribution is 2.42. The van der Waals surface area contributed by atoms with Crippen molar-refractivity contribution in [1.82, 2.24) is 9.88 Å². The molecule has 1 saturated heterocycles. The van der Waals surface area contributed by atoms with Crippen LogP contribution in [0.1, 0.15) is 87.2 Å². The fourth-order valence-electron chi connectivity index (χ4n) is 5.10. The Balaban J connectivity index is 1.83. The maximum Gasteiger partial charge on any atom is 0.417 e. The van der Waals surface area contributed by atoms with Crippen molar-refractivity contribution in [3.8, 4) is 0 Å². The Hall–Kier alpha value is -2.25. The number of carbonyl (C=O) groups is 2. The van der Waals surface area contributed by atoms with Gasteiger partial charge in [-0.25, -0.2) is 14.7 Å². The maximum absolute atomic E-state index is 14.0. The van der Waals surface area contributed by atoms with Crippen molar-refractivity contribution in [2.24, 2.45) is 0 Å². The summed E-state index contributed by atoms with van der Waals surface area (Å²) in [5.41, 5.74) is 4.48. The van der Waals surface area contributed by atoms with Gasteiger partial charge in [-0.3, -0.25) is 4.79 Å². The molecule has 2 unspecified atom stereocenters. The topological polar surface area (TPSA) is 68.7 Å². The van der Waals surface area contributed by atoms with Gasteiger partial charge in [-0.2, -0.15) is 0 Å². The summed E-state index contributed by atoms with van der Waals surface area (Å²) in [6.07, 6.45) is 5.58. The number of aromatic nitrogens is 1. The molecule has 2 aliphatic rings. The number of hydrogen-bond acceptors (Lipinski definition) is 6. The lowest BCUT2D eigenvalue weighted by Gasteiger charge is -2.32. The highest BCUT2D eigenvalue weighted by atomic mass is 32.1. The van der Waals surface area contributed by atoms with E-state index in [1.807, 2.05) is 47.6 Å².